The van der Waals surface area contributed by atoms with Crippen molar-refractivity contribution in [1.82, 2.24) is 10.2 Å². The van der Waals surface area contributed by atoms with E-state index in [-0.39, 0.29) is 11.9 Å². The van der Waals surface area contributed by atoms with E-state index in [0.29, 0.717) is 26.2 Å². The Morgan fingerprint density at radius 3 is 2.78 bits per heavy atom. The summed E-state index contributed by atoms with van der Waals surface area (Å²) in [5, 5.41) is 5.85. The molecule has 27 heavy (non-hydrogen) atoms. The summed E-state index contributed by atoms with van der Waals surface area (Å²) in [6.07, 6.45) is 0.721. The van der Waals surface area contributed by atoms with E-state index in [4.69, 9.17) is 4.74 Å². The summed E-state index contributed by atoms with van der Waals surface area (Å²) in [7, 11) is 0. The van der Waals surface area contributed by atoms with E-state index in [1.807, 2.05) is 49.4 Å². The lowest BCUT2D eigenvalue weighted by Gasteiger charge is -2.30. The maximum absolute atomic E-state index is 12.6. The highest BCUT2D eigenvalue weighted by molar-refractivity contribution is 5.90. The Balaban J connectivity index is 1.61. The lowest BCUT2D eigenvalue weighted by molar-refractivity contribution is -0.114. The van der Waals surface area contributed by atoms with Gasteiger partial charge in [-0.2, -0.15) is 0 Å². The van der Waals surface area contributed by atoms with Crippen molar-refractivity contribution >= 4 is 17.6 Å². The molecule has 0 saturated carbocycles. The molecular weight excluding hydrogens is 342 g/mol. The number of hydrogen-bond donors (Lipinski definition) is 2. The fourth-order valence-electron chi connectivity index (χ4n) is 3.29. The molecule has 1 aliphatic heterocycles. The number of carbonyl (C=O) groups excluding carboxylic acids is 2. The van der Waals surface area contributed by atoms with Crippen molar-refractivity contribution in [3.05, 3.63) is 59.2 Å². The molecule has 0 saturated heterocycles. The molecule has 0 bridgehead atoms. The Morgan fingerprint density at radius 2 is 2.00 bits per heavy atom. The van der Waals surface area contributed by atoms with Gasteiger partial charge < -0.3 is 20.3 Å². The number of nitrogens with one attached hydrogen (secondary N) is 2. The van der Waals surface area contributed by atoms with E-state index < -0.39 is 0 Å². The van der Waals surface area contributed by atoms with Crippen LogP contribution in [0.15, 0.2) is 42.5 Å². The SMILES string of the molecule is CCOc1cccc(CNC(=O)N2CCc3c(cccc3NC(C)=O)C2)c1. The van der Waals surface area contributed by atoms with E-state index in [1.54, 1.807) is 4.90 Å². The first-order chi connectivity index (χ1) is 13.1. The van der Waals surface area contributed by atoms with Crippen LogP contribution in [0.5, 0.6) is 5.75 Å². The van der Waals surface area contributed by atoms with E-state index in [0.717, 1.165) is 34.5 Å². The number of benzene rings is 2. The molecular formula is C21H25N3O3. The minimum Gasteiger partial charge on any atom is -0.494 e. The van der Waals surface area contributed by atoms with Crippen LogP contribution in [-0.2, 0) is 24.3 Å². The predicted molar refractivity (Wildman–Crippen MR) is 105 cm³/mol. The van der Waals surface area contributed by atoms with Crippen LogP contribution in [-0.4, -0.2) is 30.0 Å². The average molecular weight is 367 g/mol. The van der Waals surface area contributed by atoms with Crippen molar-refractivity contribution in [2.45, 2.75) is 33.4 Å². The van der Waals surface area contributed by atoms with Gasteiger partial charge in [0.25, 0.3) is 0 Å². The summed E-state index contributed by atoms with van der Waals surface area (Å²) in [5.41, 5.74) is 4.02. The van der Waals surface area contributed by atoms with Crippen LogP contribution < -0.4 is 15.4 Å². The van der Waals surface area contributed by atoms with Gasteiger partial charge >= 0.3 is 6.03 Å². The second-order valence-electron chi connectivity index (χ2n) is 6.54. The van der Waals surface area contributed by atoms with Gasteiger partial charge in [0.1, 0.15) is 5.75 Å². The van der Waals surface area contributed by atoms with Crippen LogP contribution in [0.3, 0.4) is 0 Å². The molecule has 0 radical (unpaired) electrons. The average Bonchev–Trinajstić information content (AvgIpc) is 2.66. The molecule has 3 amide bonds. The fraction of sp³-hybridized carbons (Fsp3) is 0.333. The predicted octanol–water partition coefficient (Wildman–Crippen LogP) is 3.31. The monoisotopic (exact) mass is 367 g/mol. The molecule has 2 N–H and O–H groups in total. The maximum Gasteiger partial charge on any atom is 0.317 e. The third-order valence-corrected chi connectivity index (χ3v) is 4.52. The Labute approximate surface area is 159 Å². The van der Waals surface area contributed by atoms with E-state index in [9.17, 15) is 9.59 Å². The Kier molecular flexibility index (Phi) is 5.96. The second kappa shape index (κ2) is 8.58. The summed E-state index contributed by atoms with van der Waals surface area (Å²) in [4.78, 5) is 25.7. The largest absolute Gasteiger partial charge is 0.494 e. The molecule has 0 unspecified atom stereocenters. The number of amides is 3. The van der Waals surface area contributed by atoms with Gasteiger partial charge in [0, 0.05) is 32.2 Å². The smallest absolute Gasteiger partial charge is 0.317 e. The molecule has 2 aromatic rings. The van der Waals surface area contributed by atoms with Crippen molar-refractivity contribution in [1.29, 1.82) is 0 Å². The number of nitrogens with zero attached hydrogens (tertiary/aromatic N) is 1. The number of hydrogen-bond acceptors (Lipinski definition) is 3. The molecule has 0 spiro atoms. The van der Waals surface area contributed by atoms with Gasteiger partial charge in [-0.15, -0.1) is 0 Å². The molecule has 6 nitrogen and oxygen atoms in total. The molecule has 0 atom stereocenters. The standard InChI is InChI=1S/C21H25N3O3/c1-3-27-18-8-4-6-16(12-18)13-22-21(26)24-11-10-19-17(14-24)7-5-9-20(19)23-15(2)25/h4-9,12H,3,10-11,13-14H2,1-2H3,(H,22,26)(H,23,25). The third-order valence-electron chi connectivity index (χ3n) is 4.52. The maximum atomic E-state index is 12.6. The van der Waals surface area contributed by atoms with Crippen molar-refractivity contribution in [2.75, 3.05) is 18.5 Å². The van der Waals surface area contributed by atoms with Crippen molar-refractivity contribution in [3.63, 3.8) is 0 Å². The molecule has 142 valence electrons. The molecule has 1 heterocycles. The number of ether oxygens (including phenoxy) is 1. The van der Waals surface area contributed by atoms with E-state index >= 15 is 0 Å². The topological polar surface area (TPSA) is 70.7 Å². The van der Waals surface area contributed by atoms with Crippen LogP contribution in [0, 0.1) is 0 Å². The molecule has 2 aromatic carbocycles. The second-order valence-corrected chi connectivity index (χ2v) is 6.54. The van der Waals surface area contributed by atoms with Crippen LogP contribution in [0.4, 0.5) is 10.5 Å². The van der Waals surface area contributed by atoms with Crippen LogP contribution >= 0.6 is 0 Å². The van der Waals surface area contributed by atoms with Crippen LogP contribution in [0.2, 0.25) is 0 Å². The summed E-state index contributed by atoms with van der Waals surface area (Å²) in [5.74, 6) is 0.722. The molecule has 3 rings (SSSR count). The van der Waals surface area contributed by atoms with Crippen molar-refractivity contribution in [2.24, 2.45) is 0 Å². The number of anilines is 1. The van der Waals surface area contributed by atoms with Gasteiger partial charge in [-0.1, -0.05) is 24.3 Å². The van der Waals surface area contributed by atoms with Gasteiger partial charge in [0.2, 0.25) is 5.91 Å². The number of fused-ring (bicyclic) bond motifs is 1. The normalized spacial score (nSPS) is 12.9. The zero-order valence-electron chi connectivity index (χ0n) is 15.7. The van der Waals surface area contributed by atoms with Gasteiger partial charge in [0.05, 0.1) is 6.61 Å². The molecule has 1 aliphatic rings. The minimum absolute atomic E-state index is 0.0853. The van der Waals surface area contributed by atoms with Crippen LogP contribution in [0.25, 0.3) is 0 Å². The molecule has 6 heteroatoms. The fourth-order valence-corrected chi connectivity index (χ4v) is 3.29. The summed E-state index contributed by atoms with van der Waals surface area (Å²) in [6.45, 7) is 5.67. The number of rotatable bonds is 5. The highest BCUT2D eigenvalue weighted by Gasteiger charge is 2.22. The third kappa shape index (κ3) is 4.78. The Hall–Kier alpha value is -3.02. The highest BCUT2D eigenvalue weighted by Crippen LogP contribution is 2.26. The van der Waals surface area contributed by atoms with Crippen molar-refractivity contribution in [3.8, 4) is 5.75 Å². The van der Waals surface area contributed by atoms with E-state index in [2.05, 4.69) is 10.6 Å². The van der Waals surface area contributed by atoms with Gasteiger partial charge in [-0.05, 0) is 48.2 Å². The summed E-state index contributed by atoms with van der Waals surface area (Å²) in [6, 6.07) is 13.5. The first-order valence-corrected chi connectivity index (χ1v) is 9.19. The first-order valence-electron chi connectivity index (χ1n) is 9.19. The van der Waals surface area contributed by atoms with Gasteiger partial charge in [-0.3, -0.25) is 4.79 Å². The summed E-state index contributed by atoms with van der Waals surface area (Å²) >= 11 is 0. The van der Waals surface area contributed by atoms with Gasteiger partial charge in [-0.25, -0.2) is 4.79 Å². The first kappa shape index (κ1) is 18.8. The molecule has 0 aromatic heterocycles. The van der Waals surface area contributed by atoms with E-state index in [1.165, 1.54) is 6.92 Å². The Bertz CT molecular complexity index is 835. The lowest BCUT2D eigenvalue weighted by Crippen LogP contribution is -2.42. The quantitative estimate of drug-likeness (QED) is 0.852. The zero-order valence-corrected chi connectivity index (χ0v) is 15.7. The minimum atomic E-state index is -0.0904. The zero-order chi connectivity index (χ0) is 19.2. The molecule has 0 aliphatic carbocycles. The lowest BCUT2D eigenvalue weighted by atomic mass is 9.98. The Morgan fingerprint density at radius 1 is 1.19 bits per heavy atom. The number of urea groups is 1. The van der Waals surface area contributed by atoms with Crippen LogP contribution in [0.1, 0.15) is 30.5 Å². The number of carbonyl (C=O) groups is 2. The highest BCUT2D eigenvalue weighted by atomic mass is 16.5. The van der Waals surface area contributed by atoms with Gasteiger partial charge in [0.15, 0.2) is 0 Å². The van der Waals surface area contributed by atoms with Crippen molar-refractivity contribution < 1.29 is 14.3 Å². The summed E-state index contributed by atoms with van der Waals surface area (Å²) < 4.78 is 5.49. The molecule has 0 fully saturated rings.